The quantitative estimate of drug-likeness (QED) is 0.452. The highest BCUT2D eigenvalue weighted by atomic mass is 32.2. The monoisotopic (exact) mass is 449 g/mol. The van der Waals surface area contributed by atoms with Crippen molar-refractivity contribution in [1.82, 2.24) is 28.7 Å². The molecule has 14 heteroatoms. The number of aromatic nitrogens is 5. The minimum Gasteiger partial charge on any atom is -0.335 e. The first-order valence-electron chi connectivity index (χ1n) is 8.29. The number of sulfonamides is 1. The van der Waals surface area contributed by atoms with Gasteiger partial charge in [-0.25, -0.2) is 22.4 Å². The molecule has 1 aromatic carbocycles. The molecule has 9 nitrogen and oxygen atoms in total. The number of hydrogen-bond acceptors (Lipinski definition) is 7. The highest BCUT2D eigenvalue weighted by Gasteiger charge is 2.38. The normalized spacial score (nSPS) is 12.9. The smallest absolute Gasteiger partial charge is 0.335 e. The number of benzene rings is 1. The average Bonchev–Trinajstić information content (AvgIpc) is 3.18. The van der Waals surface area contributed by atoms with E-state index in [1.807, 2.05) is 11.5 Å². The fraction of sp³-hybridized carbons (Fsp3) is 0.400. The second-order valence-corrected chi connectivity index (χ2v) is 9.27. The topological polar surface area (TPSA) is 112 Å². The lowest BCUT2D eigenvalue weighted by atomic mass is 10.3. The minimum absolute atomic E-state index is 0.103. The Morgan fingerprint density at radius 1 is 1.24 bits per heavy atom. The lowest BCUT2D eigenvalue weighted by Crippen LogP contribution is -2.22. The van der Waals surface area contributed by atoms with Crippen molar-refractivity contribution in [2.45, 2.75) is 35.4 Å². The van der Waals surface area contributed by atoms with Crippen LogP contribution in [-0.4, -0.2) is 51.2 Å². The summed E-state index contributed by atoms with van der Waals surface area (Å²) in [5.41, 5.74) is 1.18. The summed E-state index contributed by atoms with van der Waals surface area (Å²) in [5.74, 6) is 4.88. The van der Waals surface area contributed by atoms with E-state index in [1.54, 1.807) is 6.07 Å². The van der Waals surface area contributed by atoms with E-state index >= 15 is 0 Å². The van der Waals surface area contributed by atoms with Crippen LogP contribution in [0.2, 0.25) is 0 Å². The largest absolute Gasteiger partial charge is 0.453 e. The molecule has 0 spiro atoms. The van der Waals surface area contributed by atoms with E-state index in [9.17, 15) is 21.6 Å². The van der Waals surface area contributed by atoms with Gasteiger partial charge < -0.3 is 10.4 Å². The van der Waals surface area contributed by atoms with Gasteiger partial charge in [0.05, 0.1) is 21.7 Å². The minimum atomic E-state index is -4.70. The maximum Gasteiger partial charge on any atom is 0.453 e. The van der Waals surface area contributed by atoms with Gasteiger partial charge in [0.15, 0.2) is 0 Å². The Morgan fingerprint density at radius 2 is 1.93 bits per heavy atom. The van der Waals surface area contributed by atoms with E-state index in [-0.39, 0.29) is 15.8 Å². The summed E-state index contributed by atoms with van der Waals surface area (Å²) in [5, 5.41) is 6.46. The Bertz CT molecular complexity index is 1150. The molecule has 0 saturated carbocycles. The molecule has 2 heterocycles. The average molecular weight is 449 g/mol. The van der Waals surface area contributed by atoms with Crippen molar-refractivity contribution >= 4 is 32.8 Å². The molecule has 0 bridgehead atoms. The zero-order valence-corrected chi connectivity index (χ0v) is 17.3. The van der Waals surface area contributed by atoms with Crippen LogP contribution >= 0.6 is 11.8 Å². The van der Waals surface area contributed by atoms with Gasteiger partial charge in [-0.2, -0.15) is 13.2 Å². The Kier molecular flexibility index (Phi) is 5.53. The van der Waals surface area contributed by atoms with Crippen LogP contribution in [0.25, 0.3) is 11.0 Å². The number of aryl methyl sites for hydroxylation is 1. The van der Waals surface area contributed by atoms with Gasteiger partial charge in [-0.05, 0) is 25.1 Å². The van der Waals surface area contributed by atoms with Crippen LogP contribution in [0.5, 0.6) is 0 Å². The van der Waals surface area contributed by atoms with Crippen molar-refractivity contribution < 1.29 is 21.6 Å². The molecule has 0 atom stereocenters. The van der Waals surface area contributed by atoms with Gasteiger partial charge in [0.25, 0.3) is 5.82 Å². The number of hydrogen-bond donors (Lipinski definition) is 1. The van der Waals surface area contributed by atoms with E-state index in [2.05, 4.69) is 15.2 Å². The molecule has 0 aliphatic heterocycles. The van der Waals surface area contributed by atoms with E-state index in [4.69, 9.17) is 5.84 Å². The Labute approximate surface area is 168 Å². The maximum atomic E-state index is 12.8. The fourth-order valence-electron chi connectivity index (χ4n) is 2.69. The van der Waals surface area contributed by atoms with Crippen molar-refractivity contribution in [1.29, 1.82) is 0 Å². The highest BCUT2D eigenvalue weighted by molar-refractivity contribution is 7.98. The van der Waals surface area contributed by atoms with Crippen LogP contribution in [0.1, 0.15) is 18.6 Å². The zero-order chi connectivity index (χ0) is 21.6. The molecule has 2 N–H and O–H groups in total. The third kappa shape index (κ3) is 3.91. The third-order valence-corrected chi connectivity index (χ3v) is 6.89. The second kappa shape index (κ2) is 7.50. The fourth-order valence-corrected chi connectivity index (χ4v) is 4.42. The molecule has 0 radical (unpaired) electrons. The predicted molar refractivity (Wildman–Crippen MR) is 101 cm³/mol. The second-order valence-electron chi connectivity index (χ2n) is 6.17. The van der Waals surface area contributed by atoms with E-state index in [0.29, 0.717) is 28.1 Å². The molecule has 0 saturated heterocycles. The summed E-state index contributed by atoms with van der Waals surface area (Å²) >= 11 is 0.951. The van der Waals surface area contributed by atoms with Crippen LogP contribution in [0, 0.1) is 0 Å². The van der Waals surface area contributed by atoms with Crippen molar-refractivity contribution in [2.24, 2.45) is 0 Å². The number of nitrogen functional groups attached to an aromatic ring is 1. The Balaban J connectivity index is 1.93. The summed E-state index contributed by atoms with van der Waals surface area (Å²) in [7, 11) is -0.747. The third-order valence-electron chi connectivity index (χ3n) is 4.14. The van der Waals surface area contributed by atoms with Crippen molar-refractivity contribution in [3.8, 4) is 0 Å². The van der Waals surface area contributed by atoms with Gasteiger partial charge in [-0.3, -0.25) is 0 Å². The van der Waals surface area contributed by atoms with Gasteiger partial charge in [-0.1, -0.05) is 11.8 Å². The number of fused-ring (bicyclic) bond motifs is 1. The first-order valence-corrected chi connectivity index (χ1v) is 10.7. The van der Waals surface area contributed by atoms with Crippen LogP contribution in [0.3, 0.4) is 0 Å². The number of thioether (sulfide) groups is 1. The summed E-state index contributed by atoms with van der Waals surface area (Å²) in [6.45, 7) is 2.42. The summed E-state index contributed by atoms with van der Waals surface area (Å²) < 4.78 is 66.4. The number of alkyl halides is 3. The number of imidazole rings is 1. The molecule has 29 heavy (non-hydrogen) atoms. The number of nitrogens with two attached hydrogens (primary N) is 1. The van der Waals surface area contributed by atoms with Gasteiger partial charge >= 0.3 is 6.18 Å². The Morgan fingerprint density at radius 3 is 2.48 bits per heavy atom. The number of rotatable bonds is 6. The standard InChI is InChI=1S/C15H18F3N7O2S2/c1-4-24-11-6-5-9(29(26,27)23(2)3)7-10(11)20-12(24)8-28-14-22-21-13(25(14)19)15(16,17)18/h5-7H,4,8,19H2,1-3H3. The molecule has 3 rings (SSSR count). The van der Waals surface area contributed by atoms with Gasteiger partial charge in [-0.15, -0.1) is 10.2 Å². The van der Waals surface area contributed by atoms with Gasteiger partial charge in [0, 0.05) is 20.6 Å². The van der Waals surface area contributed by atoms with Gasteiger partial charge in [0.2, 0.25) is 15.2 Å². The Hall–Kier alpha value is -2.32. The summed E-state index contributed by atoms with van der Waals surface area (Å²) in [6, 6.07) is 4.62. The summed E-state index contributed by atoms with van der Waals surface area (Å²) in [6.07, 6.45) is -4.70. The predicted octanol–water partition coefficient (Wildman–Crippen LogP) is 1.92. The number of halogens is 3. The molecule has 0 fully saturated rings. The van der Waals surface area contributed by atoms with E-state index < -0.39 is 22.0 Å². The zero-order valence-electron chi connectivity index (χ0n) is 15.7. The molecular weight excluding hydrogens is 431 g/mol. The van der Waals surface area contributed by atoms with Crippen LogP contribution in [0.15, 0.2) is 28.3 Å². The molecule has 3 aromatic rings. The lowest BCUT2D eigenvalue weighted by molar-refractivity contribution is -0.146. The summed E-state index contributed by atoms with van der Waals surface area (Å²) in [4.78, 5) is 4.56. The first kappa shape index (κ1) is 21.4. The van der Waals surface area contributed by atoms with Crippen LogP contribution in [-0.2, 0) is 28.5 Å². The SMILES string of the molecule is CCn1c(CSc2nnc(C(F)(F)F)n2N)nc2cc(S(=O)(=O)N(C)C)ccc21. The molecule has 0 aliphatic rings. The first-order chi connectivity index (χ1) is 13.5. The van der Waals surface area contributed by atoms with Crippen LogP contribution in [0.4, 0.5) is 13.2 Å². The number of nitrogens with zero attached hydrogens (tertiary/aromatic N) is 6. The van der Waals surface area contributed by atoms with Crippen molar-refractivity contribution in [3.63, 3.8) is 0 Å². The lowest BCUT2D eigenvalue weighted by Gasteiger charge is -2.11. The van der Waals surface area contributed by atoms with Crippen molar-refractivity contribution in [2.75, 3.05) is 19.9 Å². The van der Waals surface area contributed by atoms with Crippen LogP contribution < -0.4 is 5.84 Å². The molecule has 0 unspecified atom stereocenters. The maximum absolute atomic E-state index is 12.8. The molecular formula is C15H18F3N7O2S2. The molecule has 0 aliphatic carbocycles. The molecule has 2 aromatic heterocycles. The van der Waals surface area contributed by atoms with Gasteiger partial charge in [0.1, 0.15) is 5.82 Å². The molecule has 0 amide bonds. The van der Waals surface area contributed by atoms with E-state index in [0.717, 1.165) is 16.1 Å². The van der Waals surface area contributed by atoms with Crippen molar-refractivity contribution in [3.05, 3.63) is 29.8 Å². The molecule has 158 valence electrons. The highest BCUT2D eigenvalue weighted by Crippen LogP contribution is 2.30. The van der Waals surface area contributed by atoms with E-state index in [1.165, 1.54) is 26.2 Å².